The fourth-order valence-electron chi connectivity index (χ4n) is 3.92. The van der Waals surface area contributed by atoms with Gasteiger partial charge in [0.25, 0.3) is 0 Å². The summed E-state index contributed by atoms with van der Waals surface area (Å²) in [5.41, 5.74) is -0.190. The van der Waals surface area contributed by atoms with Crippen molar-refractivity contribution >= 4 is 27.5 Å². The minimum atomic E-state index is -3.69. The van der Waals surface area contributed by atoms with Gasteiger partial charge in [-0.1, -0.05) is 34.6 Å². The summed E-state index contributed by atoms with van der Waals surface area (Å²) in [6, 6.07) is 4.55. The topological polar surface area (TPSA) is 96.0 Å². The van der Waals surface area contributed by atoms with Crippen molar-refractivity contribution in [3.05, 3.63) is 18.2 Å². The summed E-state index contributed by atoms with van der Waals surface area (Å²) >= 11 is 0. The average Bonchev–Trinajstić information content (AvgIpc) is 2.74. The Labute approximate surface area is 198 Å². The van der Waals surface area contributed by atoms with Gasteiger partial charge in [-0.3, -0.25) is 9.59 Å². The number of rotatable bonds is 8. The minimum Gasteiger partial charge on any atom is -0.489 e. The van der Waals surface area contributed by atoms with E-state index in [1.165, 1.54) is 16.4 Å². The van der Waals surface area contributed by atoms with Crippen LogP contribution in [0.25, 0.3) is 0 Å². The summed E-state index contributed by atoms with van der Waals surface area (Å²) in [4.78, 5) is 27.7. The minimum absolute atomic E-state index is 0.0242. The Kier molecular flexibility index (Phi) is 8.93. The number of sulfonamides is 1. The zero-order chi connectivity index (χ0) is 25.0. The van der Waals surface area contributed by atoms with Gasteiger partial charge in [0.05, 0.1) is 22.6 Å². The molecule has 186 valence electrons. The first-order valence-corrected chi connectivity index (χ1v) is 13.2. The second-order valence-corrected chi connectivity index (χ2v) is 11.7. The van der Waals surface area contributed by atoms with Crippen molar-refractivity contribution in [2.75, 3.05) is 31.5 Å². The third-order valence-electron chi connectivity index (χ3n) is 5.64. The lowest BCUT2D eigenvalue weighted by atomic mass is 9.91. The third-order valence-corrected chi connectivity index (χ3v) is 7.68. The third kappa shape index (κ3) is 6.69. The predicted molar refractivity (Wildman–Crippen MR) is 130 cm³/mol. The Morgan fingerprint density at radius 2 is 1.85 bits per heavy atom. The summed E-state index contributed by atoms with van der Waals surface area (Å²) in [5, 5.41) is 2.89. The lowest BCUT2D eigenvalue weighted by molar-refractivity contribution is -0.142. The van der Waals surface area contributed by atoms with Crippen LogP contribution in [0.15, 0.2) is 23.1 Å². The van der Waals surface area contributed by atoms with E-state index in [1.807, 2.05) is 34.6 Å². The van der Waals surface area contributed by atoms with Crippen molar-refractivity contribution in [1.82, 2.24) is 9.21 Å². The van der Waals surface area contributed by atoms with E-state index >= 15 is 0 Å². The van der Waals surface area contributed by atoms with Gasteiger partial charge in [-0.2, -0.15) is 4.31 Å². The molecule has 1 fully saturated rings. The average molecular weight is 482 g/mol. The van der Waals surface area contributed by atoms with Gasteiger partial charge >= 0.3 is 0 Å². The molecule has 33 heavy (non-hydrogen) atoms. The van der Waals surface area contributed by atoms with E-state index in [0.717, 1.165) is 6.42 Å². The van der Waals surface area contributed by atoms with Gasteiger partial charge in [-0.15, -0.1) is 0 Å². The molecule has 8 nitrogen and oxygen atoms in total. The molecule has 2 rings (SSSR count). The van der Waals surface area contributed by atoms with Crippen LogP contribution in [0.5, 0.6) is 5.75 Å². The smallest absolute Gasteiger partial charge is 0.243 e. The van der Waals surface area contributed by atoms with Crippen LogP contribution in [-0.4, -0.2) is 61.7 Å². The van der Waals surface area contributed by atoms with Crippen LogP contribution >= 0.6 is 0 Å². The second-order valence-electron chi connectivity index (χ2n) is 9.74. The number of ether oxygens (including phenoxy) is 1. The number of nitrogens with zero attached hydrogens (tertiary/aromatic N) is 2. The monoisotopic (exact) mass is 481 g/mol. The fourth-order valence-corrected chi connectivity index (χ4v) is 5.41. The second kappa shape index (κ2) is 10.9. The van der Waals surface area contributed by atoms with E-state index in [1.54, 1.807) is 24.8 Å². The van der Waals surface area contributed by atoms with E-state index in [-0.39, 0.29) is 28.7 Å². The molecule has 1 unspecified atom stereocenters. The highest BCUT2D eigenvalue weighted by Crippen LogP contribution is 2.31. The molecule has 1 saturated heterocycles. The Morgan fingerprint density at radius 3 is 2.39 bits per heavy atom. The highest BCUT2D eigenvalue weighted by molar-refractivity contribution is 7.89. The number of carbonyl (C=O) groups is 2. The molecule has 1 atom stereocenters. The van der Waals surface area contributed by atoms with Crippen molar-refractivity contribution < 1.29 is 22.7 Å². The summed E-state index contributed by atoms with van der Waals surface area (Å²) in [5.74, 6) is -0.182. The summed E-state index contributed by atoms with van der Waals surface area (Å²) in [6.45, 7) is 14.6. The van der Waals surface area contributed by atoms with Crippen LogP contribution in [-0.2, 0) is 19.6 Å². The van der Waals surface area contributed by atoms with Crippen LogP contribution in [0.1, 0.15) is 61.3 Å². The van der Waals surface area contributed by atoms with Crippen LogP contribution in [0.3, 0.4) is 0 Å². The van der Waals surface area contributed by atoms with Gasteiger partial charge in [0, 0.05) is 31.6 Å². The van der Waals surface area contributed by atoms with E-state index in [0.29, 0.717) is 44.0 Å². The molecule has 1 N–H and O–H groups in total. The maximum Gasteiger partial charge on any atom is 0.243 e. The van der Waals surface area contributed by atoms with E-state index < -0.39 is 15.4 Å². The van der Waals surface area contributed by atoms with Crippen LogP contribution in [0.4, 0.5) is 5.69 Å². The van der Waals surface area contributed by atoms with Crippen molar-refractivity contribution in [2.24, 2.45) is 11.3 Å². The van der Waals surface area contributed by atoms with Gasteiger partial charge in [-0.25, -0.2) is 8.42 Å². The number of hydrogen-bond donors (Lipinski definition) is 1. The van der Waals surface area contributed by atoms with Gasteiger partial charge in [-0.05, 0) is 44.9 Å². The molecule has 1 aliphatic rings. The molecule has 0 saturated carbocycles. The molecule has 1 aliphatic heterocycles. The molecule has 2 amide bonds. The number of amides is 2. The van der Waals surface area contributed by atoms with Crippen molar-refractivity contribution in [3.8, 4) is 5.75 Å². The zero-order valence-corrected chi connectivity index (χ0v) is 21.8. The highest BCUT2D eigenvalue weighted by atomic mass is 32.2. The zero-order valence-electron chi connectivity index (χ0n) is 21.0. The van der Waals surface area contributed by atoms with Crippen LogP contribution in [0, 0.1) is 11.3 Å². The van der Waals surface area contributed by atoms with Gasteiger partial charge in [0.2, 0.25) is 21.8 Å². The first-order valence-electron chi connectivity index (χ1n) is 11.7. The first kappa shape index (κ1) is 27.1. The Balaban J connectivity index is 2.32. The number of benzene rings is 1. The quantitative estimate of drug-likeness (QED) is 0.610. The molecule has 0 radical (unpaired) electrons. The summed E-state index contributed by atoms with van der Waals surface area (Å²) in [6.07, 6.45) is 1.25. The fraction of sp³-hybridized carbons (Fsp3) is 0.667. The van der Waals surface area contributed by atoms with E-state index in [4.69, 9.17) is 4.74 Å². The Morgan fingerprint density at radius 1 is 1.21 bits per heavy atom. The number of hydrogen-bond acceptors (Lipinski definition) is 5. The first-order chi connectivity index (χ1) is 15.3. The molecule has 0 bridgehead atoms. The van der Waals surface area contributed by atoms with Crippen molar-refractivity contribution in [3.63, 3.8) is 0 Å². The highest BCUT2D eigenvalue weighted by Gasteiger charge is 2.34. The van der Waals surface area contributed by atoms with Crippen molar-refractivity contribution in [2.45, 2.75) is 72.3 Å². The molecule has 1 aromatic rings. The molecule has 0 aliphatic carbocycles. The van der Waals surface area contributed by atoms with Crippen LogP contribution < -0.4 is 10.1 Å². The number of piperidine rings is 1. The SMILES string of the molecule is CCN(CC)S(=O)(=O)c1ccc(OC(C)C)c(NC(=O)C2CCCN(C(=O)C(C)(C)C)C2)c1. The maximum atomic E-state index is 13.2. The van der Waals surface area contributed by atoms with Gasteiger partial charge in [0.15, 0.2) is 0 Å². The van der Waals surface area contributed by atoms with Crippen LogP contribution in [0.2, 0.25) is 0 Å². The Hall–Kier alpha value is -2.13. The number of carbonyl (C=O) groups excluding carboxylic acids is 2. The summed E-state index contributed by atoms with van der Waals surface area (Å²) in [7, 11) is -3.69. The standard InChI is InChI=1S/C24H39N3O5S/c1-8-27(9-2)33(30,31)19-12-13-21(32-17(3)4)20(15-19)25-22(28)18-11-10-14-26(16-18)23(29)24(5,6)7/h12-13,15,17-18H,8-11,14,16H2,1-7H3,(H,25,28). The molecular weight excluding hydrogens is 442 g/mol. The predicted octanol–water partition coefficient (Wildman–Crippen LogP) is 3.73. The van der Waals surface area contributed by atoms with E-state index in [9.17, 15) is 18.0 Å². The largest absolute Gasteiger partial charge is 0.489 e. The molecule has 0 aromatic heterocycles. The lowest BCUT2D eigenvalue weighted by Crippen LogP contribution is -2.47. The molecular formula is C24H39N3O5S. The lowest BCUT2D eigenvalue weighted by Gasteiger charge is -2.36. The number of anilines is 1. The Bertz CT molecular complexity index is 949. The molecule has 9 heteroatoms. The normalized spacial score (nSPS) is 17.4. The number of likely N-dealkylation sites (tertiary alicyclic amines) is 1. The maximum absolute atomic E-state index is 13.2. The van der Waals surface area contributed by atoms with E-state index in [2.05, 4.69) is 5.32 Å². The molecule has 0 spiro atoms. The number of nitrogens with one attached hydrogen (secondary N) is 1. The molecule has 1 heterocycles. The summed E-state index contributed by atoms with van der Waals surface area (Å²) < 4.78 is 33.2. The molecule has 1 aromatic carbocycles. The van der Waals surface area contributed by atoms with Gasteiger partial charge < -0.3 is 15.0 Å². The van der Waals surface area contributed by atoms with Gasteiger partial charge in [0.1, 0.15) is 5.75 Å². The van der Waals surface area contributed by atoms with Crippen molar-refractivity contribution in [1.29, 1.82) is 0 Å².